The third kappa shape index (κ3) is 3.46. The molecule has 4 nitrogen and oxygen atoms in total. The minimum Gasteiger partial charge on any atom is -0.297 e. The SMILES string of the molecule is CC1CCC2C(CCC3C2CCC2(C)C(C(=O)Cn4nc5cc(F)c(F)cc5n4)CCC32)C1. The van der Waals surface area contributed by atoms with Crippen molar-refractivity contribution in [3.63, 3.8) is 0 Å². The van der Waals surface area contributed by atoms with Crippen molar-refractivity contribution in [1.29, 1.82) is 0 Å². The van der Waals surface area contributed by atoms with Crippen LogP contribution in [-0.2, 0) is 11.3 Å². The fourth-order valence-electron chi connectivity index (χ4n) is 8.89. The number of ketones is 1. The van der Waals surface area contributed by atoms with Gasteiger partial charge in [-0.3, -0.25) is 4.79 Å². The van der Waals surface area contributed by atoms with Crippen molar-refractivity contribution in [3.8, 4) is 0 Å². The van der Waals surface area contributed by atoms with E-state index in [1.165, 1.54) is 43.3 Å². The maximum Gasteiger partial charge on any atom is 0.161 e. The number of hydrogen-bond donors (Lipinski definition) is 0. The van der Waals surface area contributed by atoms with Gasteiger partial charge in [0.15, 0.2) is 17.4 Å². The average Bonchev–Trinajstić information content (AvgIpc) is 3.33. The van der Waals surface area contributed by atoms with E-state index in [4.69, 9.17) is 0 Å². The Kier molecular flexibility index (Phi) is 5.15. The van der Waals surface area contributed by atoms with Crippen molar-refractivity contribution >= 4 is 16.8 Å². The number of hydrogen-bond acceptors (Lipinski definition) is 3. The molecule has 6 heteroatoms. The lowest BCUT2D eigenvalue weighted by Crippen LogP contribution is -2.49. The summed E-state index contributed by atoms with van der Waals surface area (Å²) in [6, 6.07) is 2.10. The second-order valence-electron chi connectivity index (χ2n) is 12.0. The number of nitrogens with zero attached hydrogens (tertiary/aromatic N) is 3. The van der Waals surface area contributed by atoms with Crippen LogP contribution in [0.1, 0.15) is 71.6 Å². The molecule has 4 aliphatic carbocycles. The molecule has 4 aliphatic rings. The third-order valence-corrected chi connectivity index (χ3v) is 10.4. The summed E-state index contributed by atoms with van der Waals surface area (Å²) in [7, 11) is 0. The summed E-state index contributed by atoms with van der Waals surface area (Å²) in [5, 5.41) is 8.50. The van der Waals surface area contributed by atoms with Crippen LogP contribution in [0.4, 0.5) is 8.78 Å². The van der Waals surface area contributed by atoms with Crippen LogP contribution in [0.5, 0.6) is 0 Å². The van der Waals surface area contributed by atoms with Gasteiger partial charge in [0.05, 0.1) is 0 Å². The molecule has 0 amide bonds. The zero-order valence-corrected chi connectivity index (χ0v) is 19.8. The Morgan fingerprint density at radius 2 is 1.67 bits per heavy atom. The number of carbonyl (C=O) groups excluding carboxylic acids is 1. The first-order valence-corrected chi connectivity index (χ1v) is 13.1. The van der Waals surface area contributed by atoms with E-state index < -0.39 is 11.6 Å². The average molecular weight is 456 g/mol. The van der Waals surface area contributed by atoms with Gasteiger partial charge in [0, 0.05) is 18.1 Å². The molecule has 0 bridgehead atoms. The van der Waals surface area contributed by atoms with E-state index in [0.29, 0.717) is 5.92 Å². The second-order valence-corrected chi connectivity index (χ2v) is 12.0. The quantitative estimate of drug-likeness (QED) is 0.555. The van der Waals surface area contributed by atoms with E-state index in [1.807, 2.05) is 0 Å². The van der Waals surface area contributed by atoms with Crippen LogP contribution in [0.25, 0.3) is 11.0 Å². The smallest absolute Gasteiger partial charge is 0.161 e. The summed E-state index contributed by atoms with van der Waals surface area (Å²) in [5.74, 6) is 3.39. The molecule has 6 rings (SSSR count). The molecule has 0 saturated heterocycles. The van der Waals surface area contributed by atoms with Gasteiger partial charge in [-0.1, -0.05) is 20.3 Å². The Balaban J connectivity index is 1.19. The summed E-state index contributed by atoms with van der Waals surface area (Å²) in [5.41, 5.74) is 0.644. The number of fused-ring (bicyclic) bond motifs is 6. The Hall–Kier alpha value is -1.85. The summed E-state index contributed by atoms with van der Waals surface area (Å²) >= 11 is 0. The Labute approximate surface area is 194 Å². The van der Waals surface area contributed by atoms with Gasteiger partial charge in [0.25, 0.3) is 0 Å². The second kappa shape index (κ2) is 7.84. The molecule has 8 unspecified atom stereocenters. The van der Waals surface area contributed by atoms with Crippen LogP contribution in [0.3, 0.4) is 0 Å². The highest BCUT2D eigenvalue weighted by Crippen LogP contribution is 2.64. The highest BCUT2D eigenvalue weighted by molar-refractivity contribution is 5.82. The van der Waals surface area contributed by atoms with Crippen LogP contribution in [0.2, 0.25) is 0 Å². The first-order valence-electron chi connectivity index (χ1n) is 13.1. The zero-order chi connectivity index (χ0) is 22.9. The van der Waals surface area contributed by atoms with Crippen LogP contribution in [-0.4, -0.2) is 20.8 Å². The lowest BCUT2D eigenvalue weighted by Gasteiger charge is -2.56. The Morgan fingerprint density at radius 1 is 0.970 bits per heavy atom. The maximum atomic E-state index is 13.5. The van der Waals surface area contributed by atoms with Gasteiger partial charge in [-0.05, 0) is 92.3 Å². The number of halogens is 2. The van der Waals surface area contributed by atoms with E-state index in [-0.39, 0.29) is 34.7 Å². The van der Waals surface area contributed by atoms with Crippen LogP contribution in [0.15, 0.2) is 12.1 Å². The van der Waals surface area contributed by atoms with Crippen LogP contribution < -0.4 is 0 Å². The molecule has 4 fully saturated rings. The van der Waals surface area contributed by atoms with Crippen molar-refractivity contribution in [2.75, 3.05) is 0 Å². The molecule has 178 valence electrons. The molecular weight excluding hydrogens is 420 g/mol. The summed E-state index contributed by atoms with van der Waals surface area (Å²) in [4.78, 5) is 14.8. The lowest BCUT2D eigenvalue weighted by molar-refractivity contribution is -0.131. The molecule has 0 aliphatic heterocycles. The van der Waals surface area contributed by atoms with Crippen molar-refractivity contribution in [1.82, 2.24) is 15.0 Å². The highest BCUT2D eigenvalue weighted by atomic mass is 19.2. The molecule has 33 heavy (non-hydrogen) atoms. The molecule has 1 aromatic carbocycles. The first-order chi connectivity index (χ1) is 15.8. The fourth-order valence-corrected chi connectivity index (χ4v) is 8.89. The summed E-state index contributed by atoms with van der Waals surface area (Å²) in [6.45, 7) is 4.88. The number of aromatic nitrogens is 3. The minimum absolute atomic E-state index is 0.0372. The predicted octanol–water partition coefficient (Wildman–Crippen LogP) is 6.18. The largest absolute Gasteiger partial charge is 0.297 e. The molecule has 8 atom stereocenters. The van der Waals surface area contributed by atoms with E-state index in [9.17, 15) is 13.6 Å². The van der Waals surface area contributed by atoms with E-state index >= 15 is 0 Å². The number of Topliss-reactive ketones (excluding diaryl/α,β-unsaturated/α-hetero) is 1. The summed E-state index contributed by atoms with van der Waals surface area (Å²) < 4.78 is 27.1. The monoisotopic (exact) mass is 455 g/mol. The Bertz CT molecular complexity index is 1040. The standard InChI is InChI=1S/C27H35F2N3O/c1-15-3-5-17-16(11-15)4-6-19-18(17)9-10-27(2)20(19)7-8-21(27)26(33)14-32-30-24-12-22(28)23(29)13-25(24)31-32/h12-13,15-21H,3-11,14H2,1-2H3. The van der Waals surface area contributed by atoms with Crippen molar-refractivity contribution < 1.29 is 13.6 Å². The first kappa shape index (κ1) is 21.7. The van der Waals surface area contributed by atoms with Crippen LogP contribution in [0, 0.1) is 58.5 Å². The van der Waals surface area contributed by atoms with Gasteiger partial charge in [0.2, 0.25) is 0 Å². The molecule has 1 aromatic heterocycles. The van der Waals surface area contributed by atoms with E-state index in [2.05, 4.69) is 24.0 Å². The molecule has 0 radical (unpaired) electrons. The van der Waals surface area contributed by atoms with Gasteiger partial charge < -0.3 is 0 Å². The summed E-state index contributed by atoms with van der Waals surface area (Å²) in [6.07, 6.45) is 11.5. The van der Waals surface area contributed by atoms with E-state index in [1.54, 1.807) is 0 Å². The lowest BCUT2D eigenvalue weighted by atomic mass is 9.49. The molecule has 4 saturated carbocycles. The van der Waals surface area contributed by atoms with Crippen molar-refractivity contribution in [2.24, 2.45) is 46.8 Å². The number of rotatable bonds is 3. The predicted molar refractivity (Wildman–Crippen MR) is 122 cm³/mol. The van der Waals surface area contributed by atoms with Gasteiger partial charge in [-0.25, -0.2) is 8.78 Å². The van der Waals surface area contributed by atoms with E-state index in [0.717, 1.165) is 61.0 Å². The van der Waals surface area contributed by atoms with Gasteiger partial charge in [-0.15, -0.1) is 0 Å². The highest BCUT2D eigenvalue weighted by Gasteiger charge is 2.58. The molecule has 1 heterocycles. The topological polar surface area (TPSA) is 47.8 Å². The molecule has 0 N–H and O–H groups in total. The maximum absolute atomic E-state index is 13.5. The molecular formula is C27H35F2N3O. The molecule has 0 spiro atoms. The normalized spacial score (nSPS) is 40.3. The Morgan fingerprint density at radius 3 is 2.39 bits per heavy atom. The van der Waals surface area contributed by atoms with Crippen molar-refractivity contribution in [3.05, 3.63) is 23.8 Å². The van der Waals surface area contributed by atoms with Gasteiger partial charge in [-0.2, -0.15) is 15.0 Å². The fraction of sp³-hybridized carbons (Fsp3) is 0.741. The van der Waals surface area contributed by atoms with Gasteiger partial charge in [0.1, 0.15) is 17.6 Å². The third-order valence-electron chi connectivity index (χ3n) is 10.4. The minimum atomic E-state index is -0.939. The van der Waals surface area contributed by atoms with Crippen molar-refractivity contribution in [2.45, 2.75) is 78.2 Å². The number of benzene rings is 1. The molecule has 2 aromatic rings. The number of carbonyl (C=O) groups is 1. The zero-order valence-electron chi connectivity index (χ0n) is 19.8. The van der Waals surface area contributed by atoms with Crippen LogP contribution >= 0.6 is 0 Å². The van der Waals surface area contributed by atoms with Gasteiger partial charge >= 0.3 is 0 Å².